The highest BCUT2D eigenvalue weighted by atomic mass is 16.5. The molecule has 1 saturated heterocycles. The number of para-hydroxylation sites is 2. The highest BCUT2D eigenvalue weighted by Gasteiger charge is 2.34. The van der Waals surface area contributed by atoms with Crippen molar-refractivity contribution >= 4 is 69.2 Å². The first kappa shape index (κ1) is 54.9. The van der Waals surface area contributed by atoms with Crippen molar-refractivity contribution in [2.45, 2.75) is 32.3 Å². The lowest BCUT2D eigenvalue weighted by Crippen LogP contribution is -2.19. The van der Waals surface area contributed by atoms with E-state index in [9.17, 15) is 0 Å². The molecule has 9 rings (SSSR count). The Kier molecular flexibility index (Phi) is 18.1. The maximum Gasteiger partial charge on any atom is 0.135 e. The third-order valence-corrected chi connectivity index (χ3v) is 14.4. The van der Waals surface area contributed by atoms with E-state index in [1.807, 2.05) is 73.8 Å². The predicted molar refractivity (Wildman–Crippen MR) is 345 cm³/mol. The lowest BCUT2D eigenvalue weighted by molar-refractivity contribution is 0.185. The zero-order chi connectivity index (χ0) is 55.8. The number of allylic oxidation sites excluding steroid dienone is 23. The van der Waals surface area contributed by atoms with Crippen molar-refractivity contribution in [1.29, 1.82) is 0 Å². The highest BCUT2D eigenvalue weighted by Crippen LogP contribution is 2.41. The minimum absolute atomic E-state index is 0.0572. The number of benzene rings is 4. The van der Waals surface area contributed by atoms with Crippen LogP contribution in [0.1, 0.15) is 43.0 Å². The fraction of sp³-hybridized carbons (Fsp3) is 0.0789. The lowest BCUT2D eigenvalue weighted by Gasteiger charge is -2.31. The molecule has 394 valence electrons. The Morgan fingerprint density at radius 2 is 1.56 bits per heavy atom. The first-order chi connectivity index (χ1) is 39.2. The van der Waals surface area contributed by atoms with Crippen LogP contribution in [0.25, 0.3) is 57.8 Å². The standard InChI is InChI=1S/C76H68N2O2/c1-9-27-67-57(8)79-76-52-49-64(54-71(67)76)60(11-3)32-24-29-59-30-26-53-77(72(12-4)63(46-44-59)45-43-58(10-2)28-16-14-19-37-69-70-38-22-23-40-75(70)80-74(69)13-5)56(7)42-41-55(6)61-47-50-66(51-48-61)78(65-34-17-15-18-35-65)73-39-25-33-62-31-20-21-36-68(62)73/h9-18,20-47,49-50,52-54,71,76H,1-4,6-8,19,48,51H2,5H3. The Hall–Kier alpha value is -9.90. The number of hydrogen-bond acceptors (Lipinski definition) is 3. The van der Waals surface area contributed by atoms with Crippen LogP contribution in [0.15, 0.2) is 326 Å². The van der Waals surface area contributed by atoms with Gasteiger partial charge in [-0.3, -0.25) is 0 Å². The summed E-state index contributed by atoms with van der Waals surface area (Å²) in [7, 11) is 0. The number of nitrogens with zero attached hydrogens (tertiary/aromatic N) is 2. The van der Waals surface area contributed by atoms with Crippen molar-refractivity contribution in [3.05, 3.63) is 349 Å². The Balaban J connectivity index is 1.01. The molecule has 3 heterocycles. The van der Waals surface area contributed by atoms with Crippen LogP contribution in [0, 0.1) is 5.92 Å². The Bertz CT molecular complexity index is 3980. The van der Waals surface area contributed by atoms with Gasteiger partial charge < -0.3 is 18.6 Å². The van der Waals surface area contributed by atoms with Crippen molar-refractivity contribution in [3.8, 4) is 0 Å². The van der Waals surface area contributed by atoms with Crippen molar-refractivity contribution in [1.82, 2.24) is 4.57 Å². The number of hydrogen-bond donors (Lipinski definition) is 0. The number of fused-ring (bicyclic) bond motifs is 3. The molecule has 0 N–H and O–H groups in total. The molecule has 3 aliphatic rings. The second kappa shape index (κ2) is 26.4. The summed E-state index contributed by atoms with van der Waals surface area (Å²) in [6, 6.07) is 42.2. The van der Waals surface area contributed by atoms with Crippen molar-refractivity contribution in [3.63, 3.8) is 0 Å². The van der Waals surface area contributed by atoms with E-state index in [4.69, 9.17) is 9.15 Å². The summed E-state index contributed by atoms with van der Waals surface area (Å²) in [5.74, 6) is 0.739. The van der Waals surface area contributed by atoms with Crippen LogP contribution in [-0.4, -0.2) is 10.7 Å². The first-order valence-electron chi connectivity index (χ1n) is 27.1. The number of anilines is 2. The smallest absolute Gasteiger partial charge is 0.135 e. The number of aromatic nitrogens is 1. The molecule has 0 bridgehead atoms. The van der Waals surface area contributed by atoms with Gasteiger partial charge in [-0.1, -0.05) is 240 Å². The quantitative estimate of drug-likeness (QED) is 0.0758. The van der Waals surface area contributed by atoms with E-state index in [1.54, 1.807) is 6.08 Å². The van der Waals surface area contributed by atoms with Crippen LogP contribution < -0.4 is 15.5 Å². The van der Waals surface area contributed by atoms with E-state index in [0.29, 0.717) is 5.76 Å². The van der Waals surface area contributed by atoms with Crippen LogP contribution >= 0.6 is 0 Å². The Labute approximate surface area is 472 Å². The molecule has 6 aromatic rings. The molecule has 0 spiro atoms. The lowest BCUT2D eigenvalue weighted by atomic mass is 9.86. The van der Waals surface area contributed by atoms with Gasteiger partial charge in [-0.05, 0) is 131 Å². The molecule has 0 amide bonds. The number of ether oxygens (including phenoxy) is 1. The van der Waals surface area contributed by atoms with Crippen molar-refractivity contribution in [2.75, 3.05) is 4.90 Å². The topological polar surface area (TPSA) is 30.5 Å². The van der Waals surface area contributed by atoms with E-state index in [2.05, 4.69) is 244 Å². The van der Waals surface area contributed by atoms with Gasteiger partial charge >= 0.3 is 0 Å². The average molecular weight is 1040 g/mol. The summed E-state index contributed by atoms with van der Waals surface area (Å²) in [6.45, 7) is 31.8. The largest absolute Gasteiger partial charge is 0.486 e. The van der Waals surface area contributed by atoms with Gasteiger partial charge in [0.05, 0.1) is 11.4 Å². The highest BCUT2D eigenvalue weighted by molar-refractivity contribution is 5.97. The van der Waals surface area contributed by atoms with Crippen LogP contribution in [0.3, 0.4) is 0 Å². The Morgan fingerprint density at radius 1 is 0.762 bits per heavy atom. The van der Waals surface area contributed by atoms with Crippen LogP contribution in [0.2, 0.25) is 0 Å². The maximum atomic E-state index is 6.08. The van der Waals surface area contributed by atoms with E-state index in [1.165, 1.54) is 22.0 Å². The van der Waals surface area contributed by atoms with E-state index in [-0.39, 0.29) is 12.0 Å². The molecular weight excluding hydrogens is 973 g/mol. The minimum Gasteiger partial charge on any atom is -0.486 e. The summed E-state index contributed by atoms with van der Waals surface area (Å²) in [5.41, 5.74) is 14.9. The van der Waals surface area contributed by atoms with Gasteiger partial charge in [-0.25, -0.2) is 0 Å². The summed E-state index contributed by atoms with van der Waals surface area (Å²) >= 11 is 0. The molecule has 1 fully saturated rings. The minimum atomic E-state index is -0.0811. The van der Waals surface area contributed by atoms with Gasteiger partial charge in [0.2, 0.25) is 0 Å². The zero-order valence-electron chi connectivity index (χ0n) is 45.8. The third kappa shape index (κ3) is 12.7. The fourth-order valence-corrected chi connectivity index (χ4v) is 10.3. The van der Waals surface area contributed by atoms with Gasteiger partial charge in [0.25, 0.3) is 0 Å². The molecule has 2 aliphatic carbocycles. The maximum absolute atomic E-state index is 6.08. The van der Waals surface area contributed by atoms with Crippen LogP contribution in [-0.2, 0) is 4.74 Å². The van der Waals surface area contributed by atoms with E-state index < -0.39 is 0 Å². The molecule has 0 saturated carbocycles. The molecule has 2 aromatic heterocycles. The molecular formula is C76H68N2O2. The molecule has 2 unspecified atom stereocenters. The van der Waals surface area contributed by atoms with E-state index >= 15 is 0 Å². The van der Waals surface area contributed by atoms with Crippen LogP contribution in [0.5, 0.6) is 0 Å². The zero-order valence-corrected chi connectivity index (χ0v) is 45.8. The summed E-state index contributed by atoms with van der Waals surface area (Å²) in [4.78, 5) is 2.39. The monoisotopic (exact) mass is 1040 g/mol. The van der Waals surface area contributed by atoms with Gasteiger partial charge in [-0.2, -0.15) is 0 Å². The van der Waals surface area contributed by atoms with Gasteiger partial charge in [0.1, 0.15) is 22.9 Å². The summed E-state index contributed by atoms with van der Waals surface area (Å²) < 4.78 is 14.2. The molecule has 4 nitrogen and oxygen atoms in total. The SMILES string of the molecule is C=CC=C1C(=C)OC2C=CC(C(C=C)=CC=Cc3cccn(C(=C)C=CC(=C)C4=CC=C(N(c5ccccc5)c5cccc6ccccc56)CC4)c(C=C)c(C=CC(C=C)=CC=CCC=c4c(=CC)oc5ccccc45)cc3)=CC12. The molecule has 1 aliphatic heterocycles. The first-order valence-corrected chi connectivity index (χ1v) is 27.1. The van der Waals surface area contributed by atoms with Gasteiger partial charge in [0, 0.05) is 50.8 Å². The van der Waals surface area contributed by atoms with Gasteiger partial charge in [0.15, 0.2) is 0 Å². The second-order valence-electron chi connectivity index (χ2n) is 19.4. The number of furan rings is 1. The predicted octanol–water partition coefficient (Wildman–Crippen LogP) is 18.8. The van der Waals surface area contributed by atoms with Gasteiger partial charge in [-0.15, -0.1) is 0 Å². The normalized spacial score (nSPS) is 17.5. The third-order valence-electron chi connectivity index (χ3n) is 14.4. The molecule has 0 radical (unpaired) electrons. The Morgan fingerprint density at radius 3 is 2.34 bits per heavy atom. The summed E-state index contributed by atoms with van der Waals surface area (Å²) in [6.07, 6.45) is 49.6. The molecule has 4 heteroatoms. The summed E-state index contributed by atoms with van der Waals surface area (Å²) in [5, 5.41) is 4.64. The van der Waals surface area contributed by atoms with Crippen LogP contribution in [0.4, 0.5) is 11.4 Å². The van der Waals surface area contributed by atoms with E-state index in [0.717, 1.165) is 103 Å². The van der Waals surface area contributed by atoms with Crippen molar-refractivity contribution < 1.29 is 9.15 Å². The molecule has 2 atom stereocenters. The number of rotatable bonds is 19. The second-order valence-corrected chi connectivity index (χ2v) is 19.4. The molecule has 4 aromatic carbocycles. The molecule has 80 heavy (non-hydrogen) atoms. The van der Waals surface area contributed by atoms with Crippen molar-refractivity contribution in [2.24, 2.45) is 5.92 Å². The fourth-order valence-electron chi connectivity index (χ4n) is 10.3. The average Bonchev–Trinajstić information content (AvgIpc) is 4.04.